The molecule has 29 heavy (non-hydrogen) atoms. The van der Waals surface area contributed by atoms with Crippen molar-refractivity contribution in [1.29, 1.82) is 0 Å². The van der Waals surface area contributed by atoms with Crippen molar-refractivity contribution in [2.45, 2.75) is 25.8 Å². The number of nitrogens with zero attached hydrogens (tertiary/aromatic N) is 3. The summed E-state index contributed by atoms with van der Waals surface area (Å²) in [5.41, 5.74) is 0.921. The number of aromatic nitrogens is 1. The molecular formula is C18H21FN4O5S. The van der Waals surface area contributed by atoms with Gasteiger partial charge < -0.3 is 9.52 Å². The smallest absolute Gasteiger partial charge is 0.326 e. The van der Waals surface area contributed by atoms with E-state index in [2.05, 4.69) is 9.88 Å². The highest BCUT2D eigenvalue weighted by Gasteiger charge is 2.37. The summed E-state index contributed by atoms with van der Waals surface area (Å²) in [5.74, 6) is -1.90. The lowest BCUT2D eigenvalue weighted by Gasteiger charge is -2.32. The quantitative estimate of drug-likeness (QED) is 0.740. The molecule has 1 amide bonds. The molecule has 2 saturated heterocycles. The van der Waals surface area contributed by atoms with Crippen LogP contribution >= 0.6 is 0 Å². The monoisotopic (exact) mass is 424 g/mol. The van der Waals surface area contributed by atoms with E-state index in [1.807, 2.05) is 0 Å². The molecule has 4 rings (SSSR count). The van der Waals surface area contributed by atoms with Crippen LogP contribution in [0.1, 0.15) is 24.1 Å². The van der Waals surface area contributed by atoms with Crippen molar-refractivity contribution in [3.8, 4) is 5.75 Å². The summed E-state index contributed by atoms with van der Waals surface area (Å²) in [6.45, 7) is 1.86. The van der Waals surface area contributed by atoms with E-state index in [0.29, 0.717) is 22.8 Å². The first-order valence-electron chi connectivity index (χ1n) is 9.26. The molecule has 156 valence electrons. The van der Waals surface area contributed by atoms with Gasteiger partial charge in [-0.15, -0.1) is 0 Å². The second kappa shape index (κ2) is 7.64. The summed E-state index contributed by atoms with van der Waals surface area (Å²) >= 11 is 0. The first-order valence-corrected chi connectivity index (χ1v) is 10.7. The Hall–Kier alpha value is -2.66. The van der Waals surface area contributed by atoms with Crippen LogP contribution in [0.4, 0.5) is 10.1 Å². The normalized spacial score (nSPS) is 22.0. The maximum absolute atomic E-state index is 14.7. The molecule has 0 saturated carbocycles. The average molecular weight is 424 g/mol. The molecule has 0 aliphatic carbocycles. The Morgan fingerprint density at radius 1 is 1.38 bits per heavy atom. The van der Waals surface area contributed by atoms with Gasteiger partial charge in [-0.2, -0.15) is 8.42 Å². The molecule has 0 spiro atoms. The summed E-state index contributed by atoms with van der Waals surface area (Å²) in [4.78, 5) is 17.8. The lowest BCUT2D eigenvalue weighted by molar-refractivity contribution is -0.117. The van der Waals surface area contributed by atoms with Gasteiger partial charge in [0.15, 0.2) is 12.2 Å². The third-order valence-electron chi connectivity index (χ3n) is 5.17. The van der Waals surface area contributed by atoms with Crippen LogP contribution in [0.5, 0.6) is 5.75 Å². The van der Waals surface area contributed by atoms with Crippen molar-refractivity contribution >= 4 is 21.8 Å². The van der Waals surface area contributed by atoms with E-state index in [4.69, 9.17) is 4.42 Å². The first-order chi connectivity index (χ1) is 13.8. The molecule has 2 aliphatic heterocycles. The Balaban J connectivity index is 1.48. The second-order valence-electron chi connectivity index (χ2n) is 7.41. The predicted molar refractivity (Wildman–Crippen MR) is 101 cm³/mol. The Morgan fingerprint density at radius 3 is 2.86 bits per heavy atom. The van der Waals surface area contributed by atoms with Gasteiger partial charge in [0, 0.05) is 13.1 Å². The van der Waals surface area contributed by atoms with Crippen LogP contribution < -0.4 is 9.03 Å². The molecule has 0 bridgehead atoms. The number of nitrogens with one attached hydrogen (secondary N) is 1. The summed E-state index contributed by atoms with van der Waals surface area (Å²) in [5, 5.41) is 10.3. The maximum Gasteiger partial charge on any atom is 0.326 e. The molecule has 2 fully saturated rings. The lowest BCUT2D eigenvalue weighted by atomic mass is 9.91. The number of hydrogen-bond donors (Lipinski definition) is 2. The van der Waals surface area contributed by atoms with Crippen molar-refractivity contribution < 1.29 is 27.1 Å². The van der Waals surface area contributed by atoms with Crippen LogP contribution in [0.25, 0.3) is 0 Å². The Morgan fingerprint density at radius 2 is 2.21 bits per heavy atom. The molecule has 1 aromatic carbocycles. The zero-order valence-electron chi connectivity index (χ0n) is 15.5. The summed E-state index contributed by atoms with van der Waals surface area (Å²) < 4.78 is 45.9. The fourth-order valence-corrected chi connectivity index (χ4v) is 5.16. The standard InChI is InChI=1S/C18H21FN4O5S/c19-15-5-13(6-16(24)18(15)23-9-17(25)21-29(23,26)27)4-12-2-1-3-22(7-12)8-14-10-28-11-20-14/h5-6,10-12,24H,1-4,7-9H2,(H,21,25). The number of rotatable bonds is 5. The molecule has 11 heteroatoms. The number of halogens is 1. The highest BCUT2D eigenvalue weighted by atomic mass is 32.2. The summed E-state index contributed by atoms with van der Waals surface area (Å²) in [6, 6.07) is 2.59. The molecule has 0 radical (unpaired) electrons. The molecule has 1 aromatic heterocycles. The number of carbonyl (C=O) groups is 1. The molecular weight excluding hydrogens is 403 g/mol. The third-order valence-corrected chi connectivity index (χ3v) is 6.55. The van der Waals surface area contributed by atoms with Crippen molar-refractivity contribution in [1.82, 2.24) is 14.6 Å². The number of likely N-dealkylation sites (tertiary alicyclic amines) is 1. The molecule has 9 nitrogen and oxygen atoms in total. The summed E-state index contributed by atoms with van der Waals surface area (Å²) in [7, 11) is -4.19. The van der Waals surface area contributed by atoms with E-state index >= 15 is 0 Å². The molecule has 1 unspecified atom stereocenters. The number of carbonyl (C=O) groups excluding carboxylic acids is 1. The lowest BCUT2D eigenvalue weighted by Crippen LogP contribution is -2.35. The Bertz CT molecular complexity index is 988. The molecule has 2 N–H and O–H groups in total. The highest BCUT2D eigenvalue weighted by Crippen LogP contribution is 2.35. The number of amides is 1. The maximum atomic E-state index is 14.7. The fraction of sp³-hybridized carbons (Fsp3) is 0.444. The minimum absolute atomic E-state index is 0.263. The number of benzene rings is 1. The minimum Gasteiger partial charge on any atom is -0.506 e. The van der Waals surface area contributed by atoms with Crippen molar-refractivity contribution in [2.24, 2.45) is 5.92 Å². The first kappa shape index (κ1) is 19.6. The third kappa shape index (κ3) is 4.20. The Labute approximate surface area is 167 Å². The van der Waals surface area contributed by atoms with E-state index in [1.54, 1.807) is 11.0 Å². The van der Waals surface area contributed by atoms with Crippen LogP contribution in [0.15, 0.2) is 29.2 Å². The van der Waals surface area contributed by atoms with E-state index < -0.39 is 39.9 Å². The van der Waals surface area contributed by atoms with Crippen molar-refractivity contribution in [3.05, 3.63) is 41.9 Å². The molecule has 2 aliphatic rings. The summed E-state index contributed by atoms with van der Waals surface area (Å²) in [6.07, 6.45) is 5.52. The van der Waals surface area contributed by atoms with E-state index in [9.17, 15) is 22.7 Å². The van der Waals surface area contributed by atoms with Gasteiger partial charge in [0.2, 0.25) is 0 Å². The SMILES string of the molecule is O=C1CN(c2c(O)cc(CC3CCCN(Cc4cocn4)C3)cc2F)S(=O)(=O)N1. The number of aromatic hydroxyl groups is 1. The largest absolute Gasteiger partial charge is 0.506 e. The number of anilines is 1. The van der Waals surface area contributed by atoms with Gasteiger partial charge in [0.05, 0.1) is 5.69 Å². The van der Waals surface area contributed by atoms with Crippen LogP contribution in [-0.2, 0) is 28.0 Å². The zero-order chi connectivity index (χ0) is 20.6. The number of piperidine rings is 1. The van der Waals surface area contributed by atoms with E-state index in [0.717, 1.165) is 31.6 Å². The molecule has 1 atom stereocenters. The van der Waals surface area contributed by atoms with Gasteiger partial charge in [-0.25, -0.2) is 18.4 Å². The van der Waals surface area contributed by atoms with Crippen LogP contribution in [-0.4, -0.2) is 48.9 Å². The van der Waals surface area contributed by atoms with E-state index in [1.165, 1.54) is 18.5 Å². The number of hydrogen-bond acceptors (Lipinski definition) is 7. The number of phenolic OH excluding ortho intramolecular Hbond substituents is 1. The fourth-order valence-electron chi connectivity index (χ4n) is 3.99. The predicted octanol–water partition coefficient (Wildman–Crippen LogP) is 1.15. The van der Waals surface area contributed by atoms with Gasteiger partial charge in [-0.1, -0.05) is 0 Å². The highest BCUT2D eigenvalue weighted by molar-refractivity contribution is 7.92. The second-order valence-corrected chi connectivity index (χ2v) is 9.00. The average Bonchev–Trinajstić information content (AvgIpc) is 3.22. The number of phenols is 1. The topological polar surface area (TPSA) is 116 Å². The molecule has 2 aromatic rings. The number of oxazole rings is 1. The van der Waals surface area contributed by atoms with Crippen LogP contribution in [0.2, 0.25) is 0 Å². The zero-order valence-corrected chi connectivity index (χ0v) is 16.4. The van der Waals surface area contributed by atoms with Crippen molar-refractivity contribution in [3.63, 3.8) is 0 Å². The van der Waals surface area contributed by atoms with Gasteiger partial charge in [-0.05, 0) is 49.4 Å². The van der Waals surface area contributed by atoms with Gasteiger partial charge in [-0.3, -0.25) is 9.69 Å². The molecule has 3 heterocycles. The Kier molecular flexibility index (Phi) is 5.17. The van der Waals surface area contributed by atoms with Gasteiger partial charge >= 0.3 is 10.2 Å². The van der Waals surface area contributed by atoms with Crippen molar-refractivity contribution in [2.75, 3.05) is 23.9 Å². The van der Waals surface area contributed by atoms with E-state index in [-0.39, 0.29) is 5.92 Å². The minimum atomic E-state index is -4.19. The van der Waals surface area contributed by atoms with Crippen LogP contribution in [0, 0.1) is 11.7 Å². The van der Waals surface area contributed by atoms with Gasteiger partial charge in [0.25, 0.3) is 5.91 Å². The van der Waals surface area contributed by atoms with Crippen LogP contribution in [0.3, 0.4) is 0 Å². The van der Waals surface area contributed by atoms with Gasteiger partial charge in [0.1, 0.15) is 24.2 Å².